The van der Waals surface area contributed by atoms with Gasteiger partial charge >= 0.3 is 5.97 Å². The molecule has 2 atom stereocenters. The lowest BCUT2D eigenvalue weighted by Crippen LogP contribution is -2.42. The fraction of sp³-hybridized carbons (Fsp3) is 0.316. The Labute approximate surface area is 151 Å². The van der Waals surface area contributed by atoms with Gasteiger partial charge in [-0.2, -0.15) is 0 Å². The summed E-state index contributed by atoms with van der Waals surface area (Å²) in [4.78, 5) is 28.3. The van der Waals surface area contributed by atoms with E-state index >= 15 is 0 Å². The number of hydrogen-bond donors (Lipinski definition) is 2. The molecule has 2 N–H and O–H groups in total. The Balaban J connectivity index is 1.69. The first-order valence-electron chi connectivity index (χ1n) is 8.39. The van der Waals surface area contributed by atoms with Crippen LogP contribution in [0.3, 0.4) is 0 Å². The van der Waals surface area contributed by atoms with E-state index in [0.29, 0.717) is 25.4 Å². The number of carbonyl (C=O) groups is 2. The Morgan fingerprint density at radius 3 is 2.62 bits per heavy atom. The number of hydrogen-bond acceptors (Lipinski definition) is 5. The molecule has 1 amide bonds. The first kappa shape index (κ1) is 17.7. The number of aliphatic carboxylic acids is 1. The van der Waals surface area contributed by atoms with Crippen LogP contribution in [0.4, 0.5) is 0 Å². The van der Waals surface area contributed by atoms with Gasteiger partial charge in [0.2, 0.25) is 0 Å². The van der Waals surface area contributed by atoms with Gasteiger partial charge in [-0.25, -0.2) is 4.98 Å². The number of carboxylic acid groups (broad SMARTS) is 1. The Morgan fingerprint density at radius 2 is 1.88 bits per heavy atom. The standard InChI is InChI=1S/C19H20N2O5/c1-12(14(19(23)24)11-13-5-3-2-4-6-13)20-17(22)15-7-8-16-18(21-15)26-10-9-25-16/h2-8,12,14H,9-11H2,1H3,(H,20,22)(H,23,24). The van der Waals surface area contributed by atoms with Crippen LogP contribution in [0.2, 0.25) is 0 Å². The number of nitrogens with one attached hydrogen (secondary N) is 1. The van der Waals surface area contributed by atoms with E-state index in [9.17, 15) is 14.7 Å². The summed E-state index contributed by atoms with van der Waals surface area (Å²) >= 11 is 0. The number of carbonyl (C=O) groups excluding carboxylic acids is 1. The van der Waals surface area contributed by atoms with Crippen molar-refractivity contribution in [3.63, 3.8) is 0 Å². The highest BCUT2D eigenvalue weighted by molar-refractivity contribution is 5.93. The number of benzene rings is 1. The molecule has 2 aromatic rings. The lowest BCUT2D eigenvalue weighted by Gasteiger charge is -2.22. The zero-order valence-electron chi connectivity index (χ0n) is 14.3. The molecule has 0 aliphatic carbocycles. The van der Waals surface area contributed by atoms with E-state index in [4.69, 9.17) is 9.47 Å². The summed E-state index contributed by atoms with van der Waals surface area (Å²) in [5, 5.41) is 12.3. The number of aromatic nitrogens is 1. The van der Waals surface area contributed by atoms with Gasteiger partial charge in [0.1, 0.15) is 18.9 Å². The van der Waals surface area contributed by atoms with Gasteiger partial charge in [-0.1, -0.05) is 30.3 Å². The minimum atomic E-state index is -0.961. The smallest absolute Gasteiger partial charge is 0.308 e. The molecule has 26 heavy (non-hydrogen) atoms. The van der Waals surface area contributed by atoms with Crippen molar-refractivity contribution in [1.29, 1.82) is 0 Å². The minimum absolute atomic E-state index is 0.157. The number of rotatable bonds is 6. The average molecular weight is 356 g/mol. The summed E-state index contributed by atoms with van der Waals surface area (Å²) in [5.74, 6) is -1.40. The van der Waals surface area contributed by atoms with Crippen LogP contribution < -0.4 is 14.8 Å². The molecule has 136 valence electrons. The predicted octanol–water partition coefficient (Wildman–Crippen LogP) is 1.91. The van der Waals surface area contributed by atoms with Crippen molar-refractivity contribution in [3.8, 4) is 11.6 Å². The lowest BCUT2D eigenvalue weighted by atomic mass is 9.93. The lowest BCUT2D eigenvalue weighted by molar-refractivity contribution is -0.142. The summed E-state index contributed by atoms with van der Waals surface area (Å²) in [6.45, 7) is 2.49. The van der Waals surface area contributed by atoms with Crippen molar-refractivity contribution in [1.82, 2.24) is 10.3 Å². The van der Waals surface area contributed by atoms with Gasteiger partial charge in [-0.15, -0.1) is 0 Å². The Kier molecular flexibility index (Phi) is 5.36. The second-order valence-electron chi connectivity index (χ2n) is 6.09. The first-order valence-corrected chi connectivity index (χ1v) is 8.39. The first-order chi connectivity index (χ1) is 12.5. The number of amides is 1. The van der Waals surface area contributed by atoms with Crippen LogP contribution in [0.25, 0.3) is 0 Å². The fourth-order valence-corrected chi connectivity index (χ4v) is 2.78. The molecular formula is C19H20N2O5. The topological polar surface area (TPSA) is 97.8 Å². The van der Waals surface area contributed by atoms with E-state index in [2.05, 4.69) is 10.3 Å². The summed E-state index contributed by atoms with van der Waals surface area (Å²) in [7, 11) is 0. The Bertz CT molecular complexity index is 794. The highest BCUT2D eigenvalue weighted by Crippen LogP contribution is 2.27. The molecule has 0 bridgehead atoms. The van der Waals surface area contributed by atoms with Crippen molar-refractivity contribution in [2.75, 3.05) is 13.2 Å². The molecule has 2 unspecified atom stereocenters. The molecule has 1 aliphatic rings. The molecule has 1 aromatic carbocycles. The second-order valence-corrected chi connectivity index (χ2v) is 6.09. The number of ether oxygens (including phenoxy) is 2. The van der Waals surface area contributed by atoms with Crippen LogP contribution in [-0.2, 0) is 11.2 Å². The summed E-state index contributed by atoms with van der Waals surface area (Å²) < 4.78 is 10.8. The van der Waals surface area contributed by atoms with Crippen molar-refractivity contribution in [2.45, 2.75) is 19.4 Å². The van der Waals surface area contributed by atoms with E-state index in [-0.39, 0.29) is 11.6 Å². The van der Waals surface area contributed by atoms with E-state index in [1.54, 1.807) is 13.0 Å². The Hall–Kier alpha value is -3.09. The molecule has 1 aliphatic heterocycles. The zero-order chi connectivity index (χ0) is 18.5. The van der Waals surface area contributed by atoms with E-state index in [0.717, 1.165) is 5.56 Å². The average Bonchev–Trinajstić information content (AvgIpc) is 2.66. The maximum absolute atomic E-state index is 12.5. The molecule has 0 saturated carbocycles. The van der Waals surface area contributed by atoms with Gasteiger partial charge in [0.15, 0.2) is 5.75 Å². The van der Waals surface area contributed by atoms with Gasteiger partial charge in [0.05, 0.1) is 5.92 Å². The van der Waals surface area contributed by atoms with Crippen molar-refractivity contribution >= 4 is 11.9 Å². The third kappa shape index (κ3) is 4.11. The van der Waals surface area contributed by atoms with Crippen molar-refractivity contribution in [3.05, 3.63) is 53.7 Å². The van der Waals surface area contributed by atoms with Gasteiger partial charge < -0.3 is 19.9 Å². The highest BCUT2D eigenvalue weighted by atomic mass is 16.6. The van der Waals surface area contributed by atoms with Gasteiger partial charge in [-0.05, 0) is 31.0 Å². The highest BCUT2D eigenvalue weighted by Gasteiger charge is 2.27. The van der Waals surface area contributed by atoms with Crippen LogP contribution in [0.5, 0.6) is 11.6 Å². The monoisotopic (exact) mass is 356 g/mol. The molecule has 7 heteroatoms. The predicted molar refractivity (Wildman–Crippen MR) is 93.4 cm³/mol. The summed E-state index contributed by atoms with van der Waals surface area (Å²) in [5.41, 5.74) is 1.06. The quantitative estimate of drug-likeness (QED) is 0.821. The molecule has 0 radical (unpaired) electrons. The third-order valence-corrected chi connectivity index (χ3v) is 4.22. The van der Waals surface area contributed by atoms with E-state index in [1.165, 1.54) is 6.07 Å². The van der Waals surface area contributed by atoms with Gasteiger partial charge in [0.25, 0.3) is 11.8 Å². The molecule has 0 saturated heterocycles. The van der Waals surface area contributed by atoms with Crippen molar-refractivity contribution < 1.29 is 24.2 Å². The van der Waals surface area contributed by atoms with Crippen LogP contribution in [0.15, 0.2) is 42.5 Å². The molecule has 1 aromatic heterocycles. The number of nitrogens with zero attached hydrogens (tertiary/aromatic N) is 1. The van der Waals surface area contributed by atoms with E-state index in [1.807, 2.05) is 30.3 Å². The van der Waals surface area contributed by atoms with Crippen LogP contribution in [0.1, 0.15) is 23.0 Å². The SMILES string of the molecule is CC(NC(=O)c1ccc2c(n1)OCCO2)C(Cc1ccccc1)C(=O)O. The van der Waals surface area contributed by atoms with Crippen LogP contribution in [0, 0.1) is 5.92 Å². The van der Waals surface area contributed by atoms with Crippen molar-refractivity contribution in [2.24, 2.45) is 5.92 Å². The van der Waals surface area contributed by atoms with Gasteiger partial charge in [0, 0.05) is 6.04 Å². The zero-order valence-corrected chi connectivity index (χ0v) is 14.3. The largest absolute Gasteiger partial charge is 0.484 e. The summed E-state index contributed by atoms with van der Waals surface area (Å²) in [6, 6.07) is 11.9. The molecule has 7 nitrogen and oxygen atoms in total. The minimum Gasteiger partial charge on any atom is -0.484 e. The third-order valence-electron chi connectivity index (χ3n) is 4.22. The number of carboxylic acids is 1. The molecule has 0 spiro atoms. The maximum atomic E-state index is 12.5. The normalized spacial score (nSPS) is 15.0. The maximum Gasteiger partial charge on any atom is 0.308 e. The molecular weight excluding hydrogens is 336 g/mol. The summed E-state index contributed by atoms with van der Waals surface area (Å²) in [6.07, 6.45) is 0.326. The molecule has 3 rings (SSSR count). The number of pyridine rings is 1. The second kappa shape index (κ2) is 7.86. The van der Waals surface area contributed by atoms with Crippen LogP contribution in [-0.4, -0.2) is 41.2 Å². The van der Waals surface area contributed by atoms with Gasteiger partial charge in [-0.3, -0.25) is 9.59 Å². The van der Waals surface area contributed by atoms with Crippen LogP contribution >= 0.6 is 0 Å². The Morgan fingerprint density at radius 1 is 1.15 bits per heavy atom. The molecule has 2 heterocycles. The number of fused-ring (bicyclic) bond motifs is 1. The van der Waals surface area contributed by atoms with E-state index < -0.39 is 23.8 Å². The fourth-order valence-electron chi connectivity index (χ4n) is 2.78. The molecule has 0 fully saturated rings.